The van der Waals surface area contributed by atoms with Gasteiger partial charge in [-0.15, -0.1) is 0 Å². The number of carbonyl (C=O) groups excluding carboxylic acids is 2. The fraction of sp³-hybridized carbons (Fsp3) is 0.586. The highest BCUT2D eigenvalue weighted by molar-refractivity contribution is 5.95. The van der Waals surface area contributed by atoms with E-state index in [1.165, 1.54) is 19.1 Å². The number of halogens is 3. The number of nitrogens with zero attached hydrogens (tertiary/aromatic N) is 4. The Bertz CT molecular complexity index is 1270. The summed E-state index contributed by atoms with van der Waals surface area (Å²) in [7, 11) is 6.53. The lowest BCUT2D eigenvalue weighted by Gasteiger charge is -2.38. The van der Waals surface area contributed by atoms with Crippen LogP contribution in [-0.4, -0.2) is 97.7 Å². The number of anilines is 3. The lowest BCUT2D eigenvalue weighted by Crippen LogP contribution is -2.50. The Morgan fingerprint density at radius 2 is 1.84 bits per heavy atom. The first-order valence-electron chi connectivity index (χ1n) is 14.4. The second-order valence-electron chi connectivity index (χ2n) is 11.1. The molecule has 0 unspecified atom stereocenters. The van der Waals surface area contributed by atoms with Crippen LogP contribution in [0.25, 0.3) is 0 Å². The molecule has 2 heterocycles. The number of carbonyl (C=O) groups is 2. The van der Waals surface area contributed by atoms with E-state index in [1.54, 1.807) is 25.2 Å². The molecule has 0 bridgehead atoms. The highest BCUT2D eigenvalue weighted by Crippen LogP contribution is 2.36. The molecule has 14 heteroatoms. The third-order valence-corrected chi connectivity index (χ3v) is 8.07. The van der Waals surface area contributed by atoms with Crippen LogP contribution in [0.5, 0.6) is 5.75 Å². The number of aromatic nitrogens is 2. The molecule has 1 aromatic carbocycles. The monoisotopic (exact) mass is 607 g/mol. The van der Waals surface area contributed by atoms with Gasteiger partial charge in [-0.1, -0.05) is 12.8 Å². The number of methoxy groups -OCH3 is 2. The number of likely N-dealkylation sites (tertiary alicyclic amines) is 1. The summed E-state index contributed by atoms with van der Waals surface area (Å²) in [6, 6.07) is 4.06. The molecule has 4 rings (SSSR count). The van der Waals surface area contributed by atoms with E-state index in [-0.39, 0.29) is 42.3 Å². The fourth-order valence-electron chi connectivity index (χ4n) is 5.57. The van der Waals surface area contributed by atoms with Gasteiger partial charge in [0.1, 0.15) is 23.7 Å². The minimum Gasteiger partial charge on any atom is -0.495 e. The largest absolute Gasteiger partial charge is 0.495 e. The summed E-state index contributed by atoms with van der Waals surface area (Å²) in [5, 5.41) is 8.96. The van der Waals surface area contributed by atoms with Gasteiger partial charge in [0, 0.05) is 38.0 Å². The third kappa shape index (κ3) is 8.25. The Labute approximate surface area is 249 Å². The number of piperidine rings is 1. The first-order valence-corrected chi connectivity index (χ1v) is 14.4. The number of ether oxygens (including phenoxy) is 2. The van der Waals surface area contributed by atoms with Gasteiger partial charge in [0.25, 0.3) is 5.91 Å². The predicted octanol–water partition coefficient (Wildman–Crippen LogP) is 3.90. The summed E-state index contributed by atoms with van der Waals surface area (Å²) in [6.45, 7) is 1.70. The quantitative estimate of drug-likeness (QED) is 0.369. The van der Waals surface area contributed by atoms with Crippen LogP contribution >= 0.6 is 0 Å². The predicted molar refractivity (Wildman–Crippen MR) is 156 cm³/mol. The van der Waals surface area contributed by atoms with Crippen LogP contribution in [0, 0.1) is 0 Å². The third-order valence-electron chi connectivity index (χ3n) is 8.07. The first-order chi connectivity index (χ1) is 20.5. The van der Waals surface area contributed by atoms with Crippen molar-refractivity contribution in [3.8, 4) is 5.75 Å². The van der Waals surface area contributed by atoms with E-state index >= 15 is 0 Å². The summed E-state index contributed by atoms with van der Waals surface area (Å²) >= 11 is 0. The second kappa shape index (κ2) is 14.2. The number of rotatable bonds is 10. The van der Waals surface area contributed by atoms with Gasteiger partial charge in [-0.3, -0.25) is 9.59 Å². The Hall–Kier alpha value is -3.65. The molecule has 43 heavy (non-hydrogen) atoms. The van der Waals surface area contributed by atoms with E-state index in [9.17, 15) is 22.8 Å². The molecule has 1 aliphatic carbocycles. The minimum atomic E-state index is -4.71. The summed E-state index contributed by atoms with van der Waals surface area (Å²) in [5.74, 6) is -0.652. The van der Waals surface area contributed by atoms with Crippen LogP contribution in [0.2, 0.25) is 0 Å². The lowest BCUT2D eigenvalue weighted by atomic mass is 9.89. The molecular weight excluding hydrogens is 567 g/mol. The molecule has 1 aliphatic heterocycles. The minimum absolute atomic E-state index is 0.0839. The zero-order chi connectivity index (χ0) is 31.1. The number of alkyl halides is 3. The van der Waals surface area contributed by atoms with Crippen molar-refractivity contribution in [2.24, 2.45) is 0 Å². The van der Waals surface area contributed by atoms with E-state index < -0.39 is 17.8 Å². The van der Waals surface area contributed by atoms with E-state index in [0.717, 1.165) is 45.0 Å². The molecule has 1 saturated carbocycles. The molecule has 2 aromatic rings. The van der Waals surface area contributed by atoms with Crippen LogP contribution < -0.4 is 20.7 Å². The first kappa shape index (κ1) is 32.3. The van der Waals surface area contributed by atoms with Gasteiger partial charge in [0.05, 0.1) is 18.8 Å². The normalized spacial score (nSPS) is 19.9. The SMILES string of the molecule is COCC(=O)N(C)[C@@H]1CCCC[C@H]1Nc1nc(Nc2ccc(C(=O)NC3CCN(C)CC3)cc2OC)ncc1C(F)(F)F. The average molecular weight is 608 g/mol. The van der Waals surface area contributed by atoms with Crippen LogP contribution in [0.3, 0.4) is 0 Å². The molecule has 2 fully saturated rings. The van der Waals surface area contributed by atoms with Crippen LogP contribution in [0.4, 0.5) is 30.6 Å². The topological polar surface area (TPSA) is 121 Å². The highest BCUT2D eigenvalue weighted by Gasteiger charge is 2.38. The van der Waals surface area contributed by atoms with E-state index in [4.69, 9.17) is 9.47 Å². The molecular formula is C29H40F3N7O4. The number of nitrogens with one attached hydrogen (secondary N) is 3. The number of likely N-dealkylation sites (N-methyl/N-ethyl adjacent to an activating group) is 1. The molecule has 1 saturated heterocycles. The fourth-order valence-corrected chi connectivity index (χ4v) is 5.57. The van der Waals surface area contributed by atoms with Gasteiger partial charge in [-0.2, -0.15) is 18.2 Å². The van der Waals surface area contributed by atoms with E-state index in [1.807, 2.05) is 7.05 Å². The van der Waals surface area contributed by atoms with Gasteiger partial charge in [0.2, 0.25) is 11.9 Å². The maximum atomic E-state index is 14.0. The molecule has 11 nitrogen and oxygen atoms in total. The molecule has 236 valence electrons. The molecule has 3 N–H and O–H groups in total. The van der Waals surface area contributed by atoms with Crippen molar-refractivity contribution < 1.29 is 32.2 Å². The lowest BCUT2D eigenvalue weighted by molar-refractivity contribution is -0.138. The van der Waals surface area contributed by atoms with Crippen molar-refractivity contribution in [1.82, 2.24) is 25.1 Å². The molecule has 0 spiro atoms. The van der Waals surface area contributed by atoms with Gasteiger partial charge in [-0.05, 0) is 64.0 Å². The Morgan fingerprint density at radius 3 is 2.51 bits per heavy atom. The summed E-state index contributed by atoms with van der Waals surface area (Å²) in [4.78, 5) is 37.2. The Kier molecular flexibility index (Phi) is 10.7. The van der Waals surface area contributed by atoms with Gasteiger partial charge in [0.15, 0.2) is 0 Å². The van der Waals surface area contributed by atoms with Gasteiger partial charge in [-0.25, -0.2) is 4.98 Å². The molecule has 2 atom stereocenters. The van der Waals surface area contributed by atoms with E-state index in [0.29, 0.717) is 29.8 Å². The second-order valence-corrected chi connectivity index (χ2v) is 11.1. The van der Waals surface area contributed by atoms with Crippen molar-refractivity contribution in [2.75, 3.05) is 58.6 Å². The standard InChI is InChI=1S/C29H40F3N7O4/c1-38-13-11-19(12-14-38)34-27(41)18-9-10-22(24(15-18)43-4)36-28-33-16-20(29(30,31)32)26(37-28)35-21-7-5-6-8-23(21)39(2)25(40)17-42-3/h9-10,15-16,19,21,23H,5-8,11-14,17H2,1-4H3,(H,34,41)(H2,33,35,36,37)/t21-,23-/m1/s1. The summed E-state index contributed by atoms with van der Waals surface area (Å²) in [5.41, 5.74) is -0.238. The summed E-state index contributed by atoms with van der Waals surface area (Å²) < 4.78 is 52.4. The summed E-state index contributed by atoms with van der Waals surface area (Å²) in [6.07, 6.45) is 0.595. The van der Waals surface area contributed by atoms with Crippen molar-refractivity contribution in [1.29, 1.82) is 0 Å². The number of hydrogen-bond acceptors (Lipinski definition) is 9. The van der Waals surface area contributed by atoms with Crippen molar-refractivity contribution >= 4 is 29.3 Å². The number of hydrogen-bond donors (Lipinski definition) is 3. The molecule has 2 amide bonds. The van der Waals surface area contributed by atoms with Crippen LogP contribution in [-0.2, 0) is 15.7 Å². The van der Waals surface area contributed by atoms with E-state index in [2.05, 4.69) is 30.8 Å². The van der Waals surface area contributed by atoms with Crippen molar-refractivity contribution in [3.05, 3.63) is 35.5 Å². The van der Waals surface area contributed by atoms with Gasteiger partial charge < -0.3 is 35.2 Å². The van der Waals surface area contributed by atoms with Crippen molar-refractivity contribution in [2.45, 2.75) is 62.8 Å². The maximum absolute atomic E-state index is 14.0. The zero-order valence-corrected chi connectivity index (χ0v) is 25.0. The number of amides is 2. The Balaban J connectivity index is 1.54. The highest BCUT2D eigenvalue weighted by atomic mass is 19.4. The zero-order valence-electron chi connectivity index (χ0n) is 25.0. The molecule has 0 radical (unpaired) electrons. The Morgan fingerprint density at radius 1 is 1.12 bits per heavy atom. The maximum Gasteiger partial charge on any atom is 0.421 e. The van der Waals surface area contributed by atoms with Gasteiger partial charge >= 0.3 is 6.18 Å². The van der Waals surface area contributed by atoms with Crippen molar-refractivity contribution in [3.63, 3.8) is 0 Å². The average Bonchev–Trinajstić information content (AvgIpc) is 2.98. The molecule has 1 aromatic heterocycles. The molecule has 2 aliphatic rings. The van der Waals surface area contributed by atoms with Crippen LogP contribution in [0.1, 0.15) is 54.4 Å². The number of benzene rings is 1. The smallest absolute Gasteiger partial charge is 0.421 e. The van der Waals surface area contributed by atoms with Crippen LogP contribution in [0.15, 0.2) is 24.4 Å².